The van der Waals surface area contributed by atoms with Gasteiger partial charge in [0, 0.05) is 10.9 Å². The van der Waals surface area contributed by atoms with Crippen LogP contribution in [0, 0.1) is 6.92 Å². The van der Waals surface area contributed by atoms with Crippen molar-refractivity contribution >= 4 is 17.6 Å². The molecule has 0 aliphatic carbocycles. The predicted molar refractivity (Wildman–Crippen MR) is 69.6 cm³/mol. The van der Waals surface area contributed by atoms with E-state index in [1.54, 1.807) is 36.6 Å². The Morgan fingerprint density at radius 2 is 2.22 bits per heavy atom. The molecule has 2 rings (SSSR count). The second-order valence-corrected chi connectivity index (χ2v) is 4.74. The summed E-state index contributed by atoms with van der Waals surface area (Å²) in [6.07, 6.45) is 0.774. The van der Waals surface area contributed by atoms with Gasteiger partial charge < -0.3 is 9.47 Å². The van der Waals surface area contributed by atoms with Crippen molar-refractivity contribution < 1.29 is 14.3 Å². The lowest BCUT2D eigenvalue weighted by Gasteiger charge is -2.09. The number of benzene rings is 1. The number of ether oxygens (including phenoxy) is 2. The molecule has 0 amide bonds. The maximum atomic E-state index is 10.7. The minimum absolute atomic E-state index is 0.390. The van der Waals surface area contributed by atoms with Crippen LogP contribution in [-0.4, -0.2) is 18.4 Å². The second kappa shape index (κ2) is 5.64. The molecular weight excluding hydrogens is 250 g/mol. The lowest BCUT2D eigenvalue weighted by molar-refractivity contribution is 0.112. The number of aryl methyl sites for hydroxylation is 1. The van der Waals surface area contributed by atoms with Crippen LogP contribution in [0.15, 0.2) is 23.6 Å². The van der Waals surface area contributed by atoms with Crippen LogP contribution < -0.4 is 9.47 Å². The average molecular weight is 263 g/mol. The summed E-state index contributed by atoms with van der Waals surface area (Å²) in [5.41, 5.74) is 1.45. The number of thiazole rings is 1. The third-order valence-electron chi connectivity index (χ3n) is 2.37. The summed E-state index contributed by atoms with van der Waals surface area (Å²) >= 11 is 1.59. The van der Waals surface area contributed by atoms with Gasteiger partial charge in [0.15, 0.2) is 11.5 Å². The van der Waals surface area contributed by atoms with Gasteiger partial charge in [-0.25, -0.2) is 4.98 Å². The molecule has 2 aromatic rings. The summed E-state index contributed by atoms with van der Waals surface area (Å²) in [4.78, 5) is 15.0. The summed E-state index contributed by atoms with van der Waals surface area (Å²) in [6.45, 7) is 2.34. The average Bonchev–Trinajstić information content (AvgIpc) is 2.82. The molecule has 0 bridgehead atoms. The summed E-state index contributed by atoms with van der Waals surface area (Å²) < 4.78 is 10.8. The summed E-state index contributed by atoms with van der Waals surface area (Å²) in [5.74, 6) is 1.15. The normalized spacial score (nSPS) is 10.1. The SMILES string of the molecule is COc1cc(C=O)ccc1OCc1csc(C)n1. The van der Waals surface area contributed by atoms with Crippen LogP contribution in [0.5, 0.6) is 11.5 Å². The van der Waals surface area contributed by atoms with E-state index in [-0.39, 0.29) is 0 Å². The molecule has 0 radical (unpaired) electrons. The molecule has 0 fully saturated rings. The first-order chi connectivity index (χ1) is 8.72. The Kier molecular flexibility index (Phi) is 3.94. The lowest BCUT2D eigenvalue weighted by atomic mass is 10.2. The number of hydrogen-bond acceptors (Lipinski definition) is 5. The molecule has 0 aliphatic heterocycles. The topological polar surface area (TPSA) is 48.4 Å². The van der Waals surface area contributed by atoms with Gasteiger partial charge in [0.2, 0.25) is 0 Å². The fourth-order valence-corrected chi connectivity index (χ4v) is 2.10. The number of aldehydes is 1. The first-order valence-corrected chi connectivity index (χ1v) is 6.28. The summed E-state index contributed by atoms with van der Waals surface area (Å²) in [5, 5.41) is 2.97. The Balaban J connectivity index is 2.11. The van der Waals surface area contributed by atoms with Crippen LogP contribution in [-0.2, 0) is 6.61 Å². The van der Waals surface area contributed by atoms with Crippen LogP contribution >= 0.6 is 11.3 Å². The van der Waals surface area contributed by atoms with Gasteiger partial charge in [-0.2, -0.15) is 0 Å². The molecule has 94 valence electrons. The third-order valence-corrected chi connectivity index (χ3v) is 3.19. The van der Waals surface area contributed by atoms with Gasteiger partial charge in [-0.15, -0.1) is 11.3 Å². The van der Waals surface area contributed by atoms with Crippen molar-refractivity contribution in [2.75, 3.05) is 7.11 Å². The van der Waals surface area contributed by atoms with Crippen LogP contribution in [0.25, 0.3) is 0 Å². The van der Waals surface area contributed by atoms with Crippen LogP contribution in [0.3, 0.4) is 0 Å². The van der Waals surface area contributed by atoms with Gasteiger partial charge in [-0.05, 0) is 25.1 Å². The van der Waals surface area contributed by atoms with E-state index in [0.29, 0.717) is 23.7 Å². The van der Waals surface area contributed by atoms with Gasteiger partial charge in [-0.3, -0.25) is 4.79 Å². The maximum Gasteiger partial charge on any atom is 0.161 e. The molecule has 0 aliphatic rings. The Hall–Kier alpha value is -1.88. The Bertz CT molecular complexity index is 551. The van der Waals surface area contributed by atoms with E-state index in [1.807, 2.05) is 12.3 Å². The number of aromatic nitrogens is 1. The van der Waals surface area contributed by atoms with Gasteiger partial charge in [0.25, 0.3) is 0 Å². The van der Waals surface area contributed by atoms with Crippen molar-refractivity contribution in [2.45, 2.75) is 13.5 Å². The minimum Gasteiger partial charge on any atom is -0.493 e. The Labute approximate surface area is 109 Å². The largest absolute Gasteiger partial charge is 0.493 e. The number of carbonyl (C=O) groups excluding carboxylic acids is 1. The summed E-state index contributed by atoms with van der Waals surface area (Å²) in [6, 6.07) is 5.06. The van der Waals surface area contributed by atoms with Gasteiger partial charge in [-0.1, -0.05) is 0 Å². The van der Waals surface area contributed by atoms with Crippen molar-refractivity contribution in [3.8, 4) is 11.5 Å². The molecule has 18 heavy (non-hydrogen) atoms. The fraction of sp³-hybridized carbons (Fsp3) is 0.231. The number of nitrogens with zero attached hydrogens (tertiary/aromatic N) is 1. The van der Waals surface area contributed by atoms with E-state index < -0.39 is 0 Å². The number of hydrogen-bond donors (Lipinski definition) is 0. The van der Waals surface area contributed by atoms with Crippen molar-refractivity contribution in [3.05, 3.63) is 39.8 Å². The first-order valence-electron chi connectivity index (χ1n) is 5.40. The lowest BCUT2D eigenvalue weighted by Crippen LogP contribution is -1.98. The first kappa shape index (κ1) is 12.6. The molecule has 0 N–H and O–H groups in total. The molecule has 0 saturated heterocycles. The highest BCUT2D eigenvalue weighted by molar-refractivity contribution is 7.09. The highest BCUT2D eigenvalue weighted by Gasteiger charge is 2.07. The molecule has 0 saturated carbocycles. The monoisotopic (exact) mass is 263 g/mol. The Morgan fingerprint density at radius 3 is 2.83 bits per heavy atom. The molecule has 0 unspecified atom stereocenters. The zero-order valence-electron chi connectivity index (χ0n) is 10.2. The second-order valence-electron chi connectivity index (χ2n) is 3.67. The fourth-order valence-electron chi connectivity index (χ4n) is 1.50. The molecule has 1 heterocycles. The van der Waals surface area contributed by atoms with Gasteiger partial charge in [0.1, 0.15) is 12.9 Å². The van der Waals surface area contributed by atoms with Crippen molar-refractivity contribution in [1.82, 2.24) is 4.98 Å². The third kappa shape index (κ3) is 2.87. The number of carbonyl (C=O) groups is 1. The molecule has 5 heteroatoms. The van der Waals surface area contributed by atoms with E-state index in [4.69, 9.17) is 9.47 Å². The summed E-state index contributed by atoms with van der Waals surface area (Å²) in [7, 11) is 1.55. The molecule has 0 atom stereocenters. The molecule has 1 aromatic carbocycles. The maximum absolute atomic E-state index is 10.7. The minimum atomic E-state index is 0.390. The molecule has 0 spiro atoms. The zero-order chi connectivity index (χ0) is 13.0. The zero-order valence-corrected chi connectivity index (χ0v) is 11.0. The van der Waals surface area contributed by atoms with E-state index in [0.717, 1.165) is 17.0 Å². The van der Waals surface area contributed by atoms with Crippen molar-refractivity contribution in [2.24, 2.45) is 0 Å². The van der Waals surface area contributed by atoms with Crippen LogP contribution in [0.4, 0.5) is 0 Å². The smallest absolute Gasteiger partial charge is 0.161 e. The predicted octanol–water partition coefficient (Wildman–Crippen LogP) is 2.85. The number of methoxy groups -OCH3 is 1. The molecule has 4 nitrogen and oxygen atoms in total. The molecule has 1 aromatic heterocycles. The van der Waals surface area contributed by atoms with Gasteiger partial charge >= 0.3 is 0 Å². The highest BCUT2D eigenvalue weighted by atomic mass is 32.1. The van der Waals surface area contributed by atoms with Crippen LogP contribution in [0.1, 0.15) is 21.1 Å². The quantitative estimate of drug-likeness (QED) is 0.778. The van der Waals surface area contributed by atoms with E-state index in [9.17, 15) is 4.79 Å². The van der Waals surface area contributed by atoms with E-state index in [2.05, 4.69) is 4.98 Å². The van der Waals surface area contributed by atoms with E-state index >= 15 is 0 Å². The van der Waals surface area contributed by atoms with Crippen molar-refractivity contribution in [1.29, 1.82) is 0 Å². The van der Waals surface area contributed by atoms with Crippen molar-refractivity contribution in [3.63, 3.8) is 0 Å². The Morgan fingerprint density at radius 1 is 1.39 bits per heavy atom. The van der Waals surface area contributed by atoms with E-state index in [1.165, 1.54) is 0 Å². The van der Waals surface area contributed by atoms with Gasteiger partial charge in [0.05, 0.1) is 17.8 Å². The standard InChI is InChI=1S/C13H13NO3S/c1-9-14-11(8-18-9)7-17-12-4-3-10(6-15)5-13(12)16-2/h3-6,8H,7H2,1-2H3. The van der Waals surface area contributed by atoms with Crippen LogP contribution in [0.2, 0.25) is 0 Å². The number of rotatable bonds is 5. The highest BCUT2D eigenvalue weighted by Crippen LogP contribution is 2.28. The molecular formula is C13H13NO3S.